The van der Waals surface area contributed by atoms with Crippen LogP contribution in [0.25, 0.3) is 0 Å². The Balaban J connectivity index is 1.54. The van der Waals surface area contributed by atoms with E-state index in [4.69, 9.17) is 9.47 Å². The molecule has 0 bridgehead atoms. The predicted octanol–water partition coefficient (Wildman–Crippen LogP) is 4.03. The van der Waals surface area contributed by atoms with E-state index in [9.17, 15) is 9.59 Å². The molecule has 0 spiro atoms. The second-order valence-electron chi connectivity index (χ2n) is 7.11. The van der Waals surface area contributed by atoms with Crippen LogP contribution in [0, 0.1) is 0 Å². The minimum absolute atomic E-state index is 0.137. The Morgan fingerprint density at radius 1 is 1.10 bits per heavy atom. The van der Waals surface area contributed by atoms with Gasteiger partial charge in [0.15, 0.2) is 0 Å². The van der Waals surface area contributed by atoms with E-state index in [-0.39, 0.29) is 17.9 Å². The maximum atomic E-state index is 12.5. The van der Waals surface area contributed by atoms with E-state index >= 15 is 0 Å². The van der Waals surface area contributed by atoms with E-state index < -0.39 is 0 Å². The zero-order chi connectivity index (χ0) is 20.5. The van der Waals surface area contributed by atoms with Crippen molar-refractivity contribution in [1.29, 1.82) is 0 Å². The molecule has 0 radical (unpaired) electrons. The molecule has 0 aromatic heterocycles. The summed E-state index contributed by atoms with van der Waals surface area (Å²) < 4.78 is 11.3. The summed E-state index contributed by atoms with van der Waals surface area (Å²) in [5.74, 6) is 0.337. The number of hydrogen-bond acceptors (Lipinski definition) is 4. The maximum Gasteiger partial charge on any atom is 0.255 e. The number of benzene rings is 2. The molecule has 6 heteroatoms. The van der Waals surface area contributed by atoms with Gasteiger partial charge in [-0.25, -0.2) is 0 Å². The van der Waals surface area contributed by atoms with Crippen molar-refractivity contribution in [3.8, 4) is 5.75 Å². The predicted molar refractivity (Wildman–Crippen MR) is 113 cm³/mol. The highest BCUT2D eigenvalue weighted by atomic mass is 16.5. The number of carbonyl (C=O) groups excluding carboxylic acids is 2. The van der Waals surface area contributed by atoms with Gasteiger partial charge >= 0.3 is 0 Å². The van der Waals surface area contributed by atoms with Crippen LogP contribution in [0.15, 0.2) is 48.5 Å². The van der Waals surface area contributed by atoms with Crippen molar-refractivity contribution >= 4 is 17.5 Å². The minimum Gasteiger partial charge on any atom is -0.491 e. The van der Waals surface area contributed by atoms with Gasteiger partial charge in [0.2, 0.25) is 0 Å². The van der Waals surface area contributed by atoms with Crippen LogP contribution in [0.5, 0.6) is 5.75 Å². The van der Waals surface area contributed by atoms with Gasteiger partial charge in [0.05, 0.1) is 6.10 Å². The third-order valence-electron chi connectivity index (χ3n) is 4.77. The van der Waals surface area contributed by atoms with Crippen molar-refractivity contribution in [2.24, 2.45) is 0 Å². The van der Waals surface area contributed by atoms with E-state index in [1.165, 1.54) is 0 Å². The van der Waals surface area contributed by atoms with Crippen LogP contribution < -0.4 is 15.4 Å². The summed E-state index contributed by atoms with van der Waals surface area (Å²) in [5, 5.41) is 5.71. The number of nitrogens with one attached hydrogen (secondary N) is 2. The minimum atomic E-state index is -0.237. The summed E-state index contributed by atoms with van der Waals surface area (Å²) in [6.07, 6.45) is 4.22. The largest absolute Gasteiger partial charge is 0.491 e. The number of rotatable bonds is 9. The number of amides is 2. The van der Waals surface area contributed by atoms with E-state index in [2.05, 4.69) is 17.6 Å². The van der Waals surface area contributed by atoms with Crippen molar-refractivity contribution in [3.05, 3.63) is 59.7 Å². The zero-order valence-electron chi connectivity index (χ0n) is 16.8. The lowest BCUT2D eigenvalue weighted by Gasteiger charge is -2.12. The molecule has 29 heavy (non-hydrogen) atoms. The Morgan fingerprint density at radius 2 is 1.93 bits per heavy atom. The van der Waals surface area contributed by atoms with E-state index in [0.717, 1.165) is 32.3 Å². The molecule has 2 N–H and O–H groups in total. The average Bonchev–Trinajstić information content (AvgIpc) is 3.26. The van der Waals surface area contributed by atoms with E-state index in [1.54, 1.807) is 48.5 Å². The maximum absolute atomic E-state index is 12.5. The molecule has 2 aromatic rings. The summed E-state index contributed by atoms with van der Waals surface area (Å²) in [7, 11) is 0. The van der Waals surface area contributed by atoms with Crippen molar-refractivity contribution in [2.45, 2.75) is 38.7 Å². The van der Waals surface area contributed by atoms with Gasteiger partial charge in [-0.1, -0.05) is 19.4 Å². The van der Waals surface area contributed by atoms with Crippen molar-refractivity contribution in [1.82, 2.24) is 5.32 Å². The third kappa shape index (κ3) is 6.32. The van der Waals surface area contributed by atoms with Gasteiger partial charge in [-0.05, 0) is 61.7 Å². The fourth-order valence-corrected chi connectivity index (χ4v) is 3.09. The summed E-state index contributed by atoms with van der Waals surface area (Å²) >= 11 is 0. The van der Waals surface area contributed by atoms with Crippen molar-refractivity contribution < 1.29 is 19.1 Å². The van der Waals surface area contributed by atoms with Crippen LogP contribution in [0.1, 0.15) is 53.3 Å². The number of carbonyl (C=O) groups is 2. The first-order valence-electron chi connectivity index (χ1n) is 10.2. The molecule has 0 unspecified atom stereocenters. The molecule has 154 valence electrons. The molecule has 6 nitrogen and oxygen atoms in total. The number of ether oxygens (including phenoxy) is 2. The number of anilines is 1. The molecule has 1 saturated heterocycles. The normalized spacial score (nSPS) is 15.7. The molecule has 3 rings (SSSR count). The monoisotopic (exact) mass is 396 g/mol. The summed E-state index contributed by atoms with van der Waals surface area (Å²) in [6, 6.07) is 13.9. The topological polar surface area (TPSA) is 76.7 Å². The van der Waals surface area contributed by atoms with Gasteiger partial charge in [0.1, 0.15) is 12.4 Å². The van der Waals surface area contributed by atoms with Crippen molar-refractivity contribution in [2.75, 3.05) is 25.1 Å². The molecule has 1 fully saturated rings. The lowest BCUT2D eigenvalue weighted by molar-refractivity contribution is 0.0679. The second kappa shape index (κ2) is 10.6. The van der Waals surface area contributed by atoms with Crippen LogP contribution in [0.2, 0.25) is 0 Å². The first kappa shape index (κ1) is 20.9. The summed E-state index contributed by atoms with van der Waals surface area (Å²) in [5.41, 5.74) is 1.63. The molecule has 1 aliphatic rings. The highest BCUT2D eigenvalue weighted by Gasteiger charge is 2.16. The Bertz CT molecular complexity index is 814. The Labute approximate surface area is 171 Å². The number of hydrogen-bond donors (Lipinski definition) is 2. The summed E-state index contributed by atoms with van der Waals surface area (Å²) in [6.45, 7) is 4.05. The van der Waals surface area contributed by atoms with Crippen LogP contribution in [-0.2, 0) is 4.74 Å². The Hall–Kier alpha value is -2.86. The molecule has 2 aromatic carbocycles. The van der Waals surface area contributed by atoms with Crippen LogP contribution in [0.4, 0.5) is 5.69 Å². The van der Waals surface area contributed by atoms with Gasteiger partial charge in [-0.2, -0.15) is 0 Å². The van der Waals surface area contributed by atoms with E-state index in [1.807, 2.05) is 0 Å². The third-order valence-corrected chi connectivity index (χ3v) is 4.77. The highest BCUT2D eigenvalue weighted by molar-refractivity contribution is 6.05. The fourth-order valence-electron chi connectivity index (χ4n) is 3.09. The lowest BCUT2D eigenvalue weighted by Crippen LogP contribution is -2.24. The van der Waals surface area contributed by atoms with Crippen LogP contribution in [0.3, 0.4) is 0 Å². The molecule has 1 heterocycles. The standard InChI is InChI=1S/C23H28N2O4/c1-2-3-13-24-22(26)18-6-4-7-19(15-18)25-23(27)17-9-11-20(12-10-17)29-16-21-8-5-14-28-21/h4,6-7,9-12,15,21H,2-3,5,8,13-14,16H2,1H3,(H,24,26)(H,25,27)/t21-/m1/s1. The van der Waals surface area contributed by atoms with Gasteiger partial charge in [-0.15, -0.1) is 0 Å². The fraction of sp³-hybridized carbons (Fsp3) is 0.391. The Morgan fingerprint density at radius 3 is 2.66 bits per heavy atom. The average molecular weight is 396 g/mol. The van der Waals surface area contributed by atoms with E-state index in [0.29, 0.717) is 35.7 Å². The van der Waals surface area contributed by atoms with Crippen molar-refractivity contribution in [3.63, 3.8) is 0 Å². The zero-order valence-corrected chi connectivity index (χ0v) is 16.8. The second-order valence-corrected chi connectivity index (χ2v) is 7.11. The number of unbranched alkanes of at least 4 members (excludes halogenated alkanes) is 1. The lowest BCUT2D eigenvalue weighted by atomic mass is 10.1. The molecule has 0 aliphatic carbocycles. The molecular formula is C23H28N2O4. The molecule has 2 amide bonds. The summed E-state index contributed by atoms with van der Waals surface area (Å²) in [4.78, 5) is 24.7. The molecule has 1 atom stereocenters. The SMILES string of the molecule is CCCCNC(=O)c1cccc(NC(=O)c2ccc(OC[C@H]3CCCO3)cc2)c1. The molecule has 1 aliphatic heterocycles. The smallest absolute Gasteiger partial charge is 0.255 e. The molecular weight excluding hydrogens is 368 g/mol. The van der Waals surface area contributed by atoms with Gasteiger partial charge in [0, 0.05) is 30.0 Å². The van der Waals surface area contributed by atoms with Gasteiger partial charge < -0.3 is 20.1 Å². The van der Waals surface area contributed by atoms with Crippen LogP contribution in [-0.4, -0.2) is 37.7 Å². The first-order valence-corrected chi connectivity index (χ1v) is 10.2. The Kier molecular flexibility index (Phi) is 7.64. The van der Waals surface area contributed by atoms with Gasteiger partial charge in [0.25, 0.3) is 11.8 Å². The highest BCUT2D eigenvalue weighted by Crippen LogP contribution is 2.18. The molecule has 0 saturated carbocycles. The quantitative estimate of drug-likeness (QED) is 0.628. The van der Waals surface area contributed by atoms with Crippen LogP contribution >= 0.6 is 0 Å². The van der Waals surface area contributed by atoms with Gasteiger partial charge in [-0.3, -0.25) is 9.59 Å². The first-order chi connectivity index (χ1) is 14.2.